The Balaban J connectivity index is 1.49. The fraction of sp³-hybridized carbons (Fsp3) is 0.476. The van der Waals surface area contributed by atoms with Crippen molar-refractivity contribution in [2.24, 2.45) is 0 Å². The first kappa shape index (κ1) is 19.9. The van der Waals surface area contributed by atoms with Gasteiger partial charge in [0.15, 0.2) is 0 Å². The Morgan fingerprint density at radius 2 is 1.68 bits per heavy atom. The van der Waals surface area contributed by atoms with Gasteiger partial charge in [0, 0.05) is 38.3 Å². The van der Waals surface area contributed by atoms with Gasteiger partial charge in [-0.25, -0.2) is 9.48 Å². The maximum absolute atomic E-state index is 12.5. The second-order valence-corrected chi connectivity index (χ2v) is 7.07. The molecule has 0 N–H and O–H groups in total. The highest BCUT2D eigenvalue weighted by Crippen LogP contribution is 2.15. The maximum atomic E-state index is 12.5. The van der Waals surface area contributed by atoms with Gasteiger partial charge in [-0.3, -0.25) is 4.79 Å². The molecular formula is C21H28N4O3. The van der Waals surface area contributed by atoms with Gasteiger partial charge in [-0.2, -0.15) is 5.10 Å². The number of amides is 2. The van der Waals surface area contributed by atoms with E-state index in [1.807, 2.05) is 41.6 Å². The number of aromatic nitrogens is 2. The number of ether oxygens (including phenoxy) is 1. The fourth-order valence-electron chi connectivity index (χ4n) is 3.46. The molecule has 2 heterocycles. The second kappa shape index (κ2) is 8.91. The smallest absolute Gasteiger partial charge is 0.409 e. The Morgan fingerprint density at radius 1 is 1.04 bits per heavy atom. The van der Waals surface area contributed by atoms with Crippen molar-refractivity contribution < 1.29 is 14.3 Å². The molecule has 1 aliphatic rings. The van der Waals surface area contributed by atoms with Crippen LogP contribution in [0.2, 0.25) is 0 Å². The summed E-state index contributed by atoms with van der Waals surface area (Å²) in [7, 11) is 0. The Labute approximate surface area is 165 Å². The number of nitrogens with zero attached hydrogens (tertiary/aromatic N) is 4. The number of aryl methyl sites for hydroxylation is 3. The summed E-state index contributed by atoms with van der Waals surface area (Å²) in [6, 6.07) is 10.2. The monoisotopic (exact) mass is 384 g/mol. The first-order valence-electron chi connectivity index (χ1n) is 9.80. The van der Waals surface area contributed by atoms with Crippen LogP contribution in [0, 0.1) is 13.8 Å². The number of hydrogen-bond acceptors (Lipinski definition) is 4. The van der Waals surface area contributed by atoms with Crippen molar-refractivity contribution in [1.82, 2.24) is 19.6 Å². The number of rotatable bonds is 5. The van der Waals surface area contributed by atoms with Gasteiger partial charge in [0.25, 0.3) is 0 Å². The van der Waals surface area contributed by atoms with E-state index in [0.29, 0.717) is 45.6 Å². The molecule has 1 aliphatic heterocycles. The Hall–Kier alpha value is -2.83. The lowest BCUT2D eigenvalue weighted by atomic mass is 10.1. The van der Waals surface area contributed by atoms with Gasteiger partial charge in [0.1, 0.15) is 0 Å². The average Bonchev–Trinajstić information content (AvgIpc) is 3.05. The van der Waals surface area contributed by atoms with Crippen molar-refractivity contribution in [2.45, 2.75) is 33.6 Å². The standard InChI is InChI=1S/C21H28N4O3/c1-4-28-21(27)24-13-11-23(12-14-24)20(26)10-7-18-5-8-19(9-6-18)25-17(3)15-16(2)22-25/h5-6,8-9,15H,4,7,10-14H2,1-3H3. The summed E-state index contributed by atoms with van der Waals surface area (Å²) in [4.78, 5) is 27.7. The SMILES string of the molecule is CCOC(=O)N1CCN(C(=O)CCc2ccc(-n3nc(C)cc3C)cc2)CC1. The summed E-state index contributed by atoms with van der Waals surface area (Å²) >= 11 is 0. The minimum absolute atomic E-state index is 0.131. The highest BCUT2D eigenvalue weighted by Gasteiger charge is 2.24. The molecule has 0 unspecified atom stereocenters. The summed E-state index contributed by atoms with van der Waals surface area (Å²) in [6.45, 7) is 8.37. The van der Waals surface area contributed by atoms with E-state index in [1.165, 1.54) is 0 Å². The van der Waals surface area contributed by atoms with Crippen LogP contribution in [0.3, 0.4) is 0 Å². The minimum atomic E-state index is -0.294. The summed E-state index contributed by atoms with van der Waals surface area (Å²) in [5.41, 5.74) is 4.25. The van der Waals surface area contributed by atoms with Gasteiger partial charge in [0.2, 0.25) is 5.91 Å². The van der Waals surface area contributed by atoms with Crippen molar-refractivity contribution in [2.75, 3.05) is 32.8 Å². The zero-order valence-electron chi connectivity index (χ0n) is 16.9. The Morgan fingerprint density at radius 3 is 2.25 bits per heavy atom. The van der Waals surface area contributed by atoms with Crippen molar-refractivity contribution in [1.29, 1.82) is 0 Å². The average molecular weight is 384 g/mol. The third kappa shape index (κ3) is 4.71. The van der Waals surface area contributed by atoms with Crippen LogP contribution < -0.4 is 0 Å². The van der Waals surface area contributed by atoms with Gasteiger partial charge in [-0.05, 0) is 51.0 Å². The highest BCUT2D eigenvalue weighted by molar-refractivity contribution is 5.77. The van der Waals surface area contributed by atoms with E-state index < -0.39 is 0 Å². The van der Waals surface area contributed by atoms with Crippen LogP contribution in [0.25, 0.3) is 5.69 Å². The van der Waals surface area contributed by atoms with Gasteiger partial charge < -0.3 is 14.5 Å². The maximum Gasteiger partial charge on any atom is 0.409 e. The van der Waals surface area contributed by atoms with Crippen LogP contribution in [-0.2, 0) is 16.0 Å². The summed E-state index contributed by atoms with van der Waals surface area (Å²) in [6.07, 6.45) is 0.879. The lowest BCUT2D eigenvalue weighted by Crippen LogP contribution is -2.50. The minimum Gasteiger partial charge on any atom is -0.450 e. The predicted molar refractivity (Wildman–Crippen MR) is 107 cm³/mol. The molecule has 1 aromatic carbocycles. The van der Waals surface area contributed by atoms with E-state index in [-0.39, 0.29) is 12.0 Å². The normalized spacial score (nSPS) is 14.2. The third-order valence-corrected chi connectivity index (χ3v) is 4.98. The molecule has 7 heteroatoms. The molecule has 0 saturated carbocycles. The first-order chi connectivity index (χ1) is 13.5. The Kier molecular flexibility index (Phi) is 6.34. The van der Waals surface area contributed by atoms with Crippen molar-refractivity contribution in [3.8, 4) is 5.69 Å². The molecular weight excluding hydrogens is 356 g/mol. The lowest BCUT2D eigenvalue weighted by molar-refractivity contribution is -0.132. The fourth-order valence-corrected chi connectivity index (χ4v) is 3.46. The number of carbonyl (C=O) groups excluding carboxylic acids is 2. The molecule has 1 fully saturated rings. The molecule has 0 bridgehead atoms. The van der Waals surface area contributed by atoms with E-state index >= 15 is 0 Å². The molecule has 0 spiro atoms. The number of benzene rings is 1. The van der Waals surface area contributed by atoms with Crippen molar-refractivity contribution in [3.63, 3.8) is 0 Å². The zero-order valence-corrected chi connectivity index (χ0v) is 16.9. The van der Waals surface area contributed by atoms with Crippen LogP contribution in [-0.4, -0.2) is 64.4 Å². The van der Waals surface area contributed by atoms with Gasteiger partial charge in [-0.15, -0.1) is 0 Å². The second-order valence-electron chi connectivity index (χ2n) is 7.07. The van der Waals surface area contributed by atoms with Crippen LogP contribution in [0.15, 0.2) is 30.3 Å². The van der Waals surface area contributed by atoms with Gasteiger partial charge in [-0.1, -0.05) is 12.1 Å². The first-order valence-corrected chi connectivity index (χ1v) is 9.80. The molecule has 0 aliphatic carbocycles. The molecule has 2 amide bonds. The topological polar surface area (TPSA) is 67.7 Å². The van der Waals surface area contributed by atoms with E-state index in [0.717, 1.165) is 22.6 Å². The third-order valence-electron chi connectivity index (χ3n) is 4.98. The molecule has 0 radical (unpaired) electrons. The zero-order chi connectivity index (χ0) is 20.1. The summed E-state index contributed by atoms with van der Waals surface area (Å²) in [5.74, 6) is 0.131. The highest BCUT2D eigenvalue weighted by atomic mass is 16.6. The van der Waals surface area contributed by atoms with E-state index in [4.69, 9.17) is 4.74 Å². The van der Waals surface area contributed by atoms with Gasteiger partial charge >= 0.3 is 6.09 Å². The lowest BCUT2D eigenvalue weighted by Gasteiger charge is -2.34. The van der Waals surface area contributed by atoms with E-state index in [9.17, 15) is 9.59 Å². The van der Waals surface area contributed by atoms with Crippen LogP contribution in [0.4, 0.5) is 4.79 Å². The quantitative estimate of drug-likeness (QED) is 0.795. The van der Waals surface area contributed by atoms with Crippen LogP contribution in [0.1, 0.15) is 30.3 Å². The van der Waals surface area contributed by atoms with E-state index in [1.54, 1.807) is 11.8 Å². The summed E-state index contributed by atoms with van der Waals surface area (Å²) < 4.78 is 6.93. The van der Waals surface area contributed by atoms with Gasteiger partial charge in [0.05, 0.1) is 18.0 Å². The molecule has 3 rings (SSSR count). The molecule has 2 aromatic rings. The molecule has 7 nitrogen and oxygen atoms in total. The van der Waals surface area contributed by atoms with Crippen LogP contribution >= 0.6 is 0 Å². The molecule has 150 valence electrons. The van der Waals surface area contributed by atoms with Crippen molar-refractivity contribution in [3.05, 3.63) is 47.3 Å². The van der Waals surface area contributed by atoms with Crippen LogP contribution in [0.5, 0.6) is 0 Å². The molecule has 0 atom stereocenters. The number of piperazine rings is 1. The van der Waals surface area contributed by atoms with Crippen molar-refractivity contribution >= 4 is 12.0 Å². The molecule has 1 saturated heterocycles. The predicted octanol–water partition coefficient (Wildman–Crippen LogP) is 2.72. The summed E-state index contributed by atoms with van der Waals surface area (Å²) in [5, 5.41) is 4.49. The van der Waals surface area contributed by atoms with E-state index in [2.05, 4.69) is 17.2 Å². The molecule has 28 heavy (non-hydrogen) atoms. The largest absolute Gasteiger partial charge is 0.450 e. The number of hydrogen-bond donors (Lipinski definition) is 0. The number of carbonyl (C=O) groups is 2. The Bertz CT molecular complexity index is 821. The molecule has 1 aromatic heterocycles.